The molecule has 1 fully saturated rings. The van der Waals surface area contributed by atoms with Crippen LogP contribution >= 0.6 is 0 Å². The average molecular weight is 473 g/mol. The van der Waals surface area contributed by atoms with Crippen molar-refractivity contribution >= 4 is 15.9 Å². The lowest BCUT2D eigenvalue weighted by atomic mass is 9.88. The third kappa shape index (κ3) is 5.01. The Hall–Kier alpha value is -2.58. The van der Waals surface area contributed by atoms with Gasteiger partial charge < -0.3 is 14.8 Å². The van der Waals surface area contributed by atoms with Gasteiger partial charge in [-0.15, -0.1) is 0 Å². The summed E-state index contributed by atoms with van der Waals surface area (Å²) in [6, 6.07) is 12.4. The van der Waals surface area contributed by atoms with Crippen molar-refractivity contribution in [2.45, 2.75) is 56.6 Å². The highest BCUT2D eigenvalue weighted by Crippen LogP contribution is 2.41. The van der Waals surface area contributed by atoms with Crippen LogP contribution in [0, 0.1) is 12.8 Å². The molecule has 33 heavy (non-hydrogen) atoms. The minimum Gasteiger partial charge on any atom is -0.497 e. The van der Waals surface area contributed by atoms with Crippen LogP contribution in [0.5, 0.6) is 11.5 Å². The highest BCUT2D eigenvalue weighted by Gasteiger charge is 2.37. The number of fused-ring (bicyclic) bond motifs is 1. The maximum atomic E-state index is 13.1. The number of nitrogens with zero attached hydrogens (tertiary/aromatic N) is 1. The standard InChI is InChI=1S/C25H32N2O5S/c1-17-5-8-20(9-6-17)33(29,30)27-13-11-18(12-14-27)24(28)26-22-16-25(2,3)32-23-15-19(31-4)7-10-21(22)23/h5-10,15,18,22H,11-14,16H2,1-4H3,(H,26,28)/t22-/m0/s1. The Bertz CT molecular complexity index is 1120. The quantitative estimate of drug-likeness (QED) is 0.715. The van der Waals surface area contributed by atoms with Gasteiger partial charge in [0.1, 0.15) is 17.1 Å². The second-order valence-electron chi connectivity index (χ2n) is 9.52. The number of carbonyl (C=O) groups excluding carboxylic acids is 1. The van der Waals surface area contributed by atoms with Gasteiger partial charge in [0, 0.05) is 37.1 Å². The van der Waals surface area contributed by atoms with Crippen LogP contribution in [0.1, 0.15) is 50.3 Å². The lowest BCUT2D eigenvalue weighted by molar-refractivity contribution is -0.127. The number of hydrogen-bond donors (Lipinski definition) is 1. The van der Waals surface area contributed by atoms with Crippen LogP contribution < -0.4 is 14.8 Å². The number of rotatable bonds is 5. The highest BCUT2D eigenvalue weighted by molar-refractivity contribution is 7.89. The summed E-state index contributed by atoms with van der Waals surface area (Å²) in [7, 11) is -1.93. The van der Waals surface area contributed by atoms with Gasteiger partial charge in [0.25, 0.3) is 0 Å². The predicted molar refractivity (Wildman–Crippen MR) is 126 cm³/mol. The maximum Gasteiger partial charge on any atom is 0.243 e. The molecule has 2 aromatic carbocycles. The van der Waals surface area contributed by atoms with E-state index in [1.54, 1.807) is 31.4 Å². The van der Waals surface area contributed by atoms with E-state index in [0.29, 0.717) is 43.0 Å². The smallest absolute Gasteiger partial charge is 0.243 e. The number of benzene rings is 2. The van der Waals surface area contributed by atoms with E-state index < -0.39 is 15.6 Å². The molecular formula is C25H32N2O5S. The van der Waals surface area contributed by atoms with Crippen molar-refractivity contribution in [1.29, 1.82) is 0 Å². The van der Waals surface area contributed by atoms with Crippen molar-refractivity contribution in [2.75, 3.05) is 20.2 Å². The summed E-state index contributed by atoms with van der Waals surface area (Å²) >= 11 is 0. The number of sulfonamides is 1. The predicted octanol–water partition coefficient (Wildman–Crippen LogP) is 3.82. The first-order valence-electron chi connectivity index (χ1n) is 11.3. The molecule has 2 heterocycles. The second kappa shape index (κ2) is 8.99. The number of aryl methyl sites for hydroxylation is 1. The minimum atomic E-state index is -3.54. The zero-order chi connectivity index (χ0) is 23.8. The molecule has 0 radical (unpaired) electrons. The van der Waals surface area contributed by atoms with E-state index in [1.807, 2.05) is 39.0 Å². The minimum absolute atomic E-state index is 0.0353. The lowest BCUT2D eigenvalue weighted by Gasteiger charge is -2.39. The van der Waals surface area contributed by atoms with Gasteiger partial charge in [-0.3, -0.25) is 4.79 Å². The fourth-order valence-electron chi connectivity index (χ4n) is 4.59. The molecule has 0 spiro atoms. The number of hydrogen-bond acceptors (Lipinski definition) is 5. The van der Waals surface area contributed by atoms with E-state index in [9.17, 15) is 13.2 Å². The second-order valence-corrected chi connectivity index (χ2v) is 11.5. The fraction of sp³-hybridized carbons (Fsp3) is 0.480. The molecule has 8 heteroatoms. The molecule has 7 nitrogen and oxygen atoms in total. The van der Waals surface area contributed by atoms with Gasteiger partial charge in [0.2, 0.25) is 15.9 Å². The lowest BCUT2D eigenvalue weighted by Crippen LogP contribution is -2.46. The van der Waals surface area contributed by atoms with Crippen molar-refractivity contribution in [3.8, 4) is 11.5 Å². The fourth-order valence-corrected chi connectivity index (χ4v) is 6.06. The summed E-state index contributed by atoms with van der Waals surface area (Å²) < 4.78 is 38.8. The number of carbonyl (C=O) groups is 1. The van der Waals surface area contributed by atoms with Crippen LogP contribution in [0.3, 0.4) is 0 Å². The molecule has 0 bridgehead atoms. The molecule has 178 valence electrons. The Morgan fingerprint density at radius 2 is 1.79 bits per heavy atom. The molecule has 0 unspecified atom stereocenters. The molecule has 0 aromatic heterocycles. The normalized spacial score (nSPS) is 21.0. The average Bonchev–Trinajstić information content (AvgIpc) is 2.78. The summed E-state index contributed by atoms with van der Waals surface area (Å²) in [6.45, 7) is 6.60. The van der Waals surface area contributed by atoms with E-state index in [4.69, 9.17) is 9.47 Å². The number of amides is 1. The van der Waals surface area contributed by atoms with E-state index in [0.717, 1.165) is 16.9 Å². The van der Waals surface area contributed by atoms with Crippen molar-refractivity contribution in [1.82, 2.24) is 9.62 Å². The zero-order valence-corrected chi connectivity index (χ0v) is 20.4. The van der Waals surface area contributed by atoms with E-state index in [-0.39, 0.29) is 17.9 Å². The van der Waals surface area contributed by atoms with Gasteiger partial charge in [-0.05, 0) is 57.9 Å². The Labute approximate surface area is 196 Å². The Balaban J connectivity index is 1.42. The third-order valence-electron chi connectivity index (χ3n) is 6.48. The Kier molecular flexibility index (Phi) is 6.42. The van der Waals surface area contributed by atoms with Crippen molar-refractivity contribution in [2.24, 2.45) is 5.92 Å². The van der Waals surface area contributed by atoms with Gasteiger partial charge in [-0.2, -0.15) is 4.31 Å². The van der Waals surface area contributed by atoms with E-state index >= 15 is 0 Å². The topological polar surface area (TPSA) is 84.9 Å². The van der Waals surface area contributed by atoms with Gasteiger partial charge in [0.15, 0.2) is 0 Å². The summed E-state index contributed by atoms with van der Waals surface area (Å²) in [4.78, 5) is 13.4. The molecule has 0 aliphatic carbocycles. The van der Waals surface area contributed by atoms with E-state index in [2.05, 4.69) is 5.32 Å². The van der Waals surface area contributed by atoms with Gasteiger partial charge in [-0.25, -0.2) is 8.42 Å². The first-order valence-corrected chi connectivity index (χ1v) is 12.8. The molecule has 1 amide bonds. The molecule has 1 atom stereocenters. The first-order chi connectivity index (χ1) is 15.6. The number of methoxy groups -OCH3 is 1. The molecule has 1 saturated heterocycles. The molecule has 2 aliphatic heterocycles. The molecule has 4 rings (SSSR count). The summed E-state index contributed by atoms with van der Waals surface area (Å²) in [5, 5.41) is 3.20. The van der Waals surface area contributed by atoms with Crippen molar-refractivity contribution in [3.63, 3.8) is 0 Å². The molecule has 2 aromatic rings. The number of ether oxygens (including phenoxy) is 2. The molecule has 0 saturated carbocycles. The van der Waals surface area contributed by atoms with Crippen LogP contribution in [0.15, 0.2) is 47.4 Å². The first kappa shape index (κ1) is 23.6. The van der Waals surface area contributed by atoms with Gasteiger partial charge in [-0.1, -0.05) is 17.7 Å². The zero-order valence-electron chi connectivity index (χ0n) is 19.6. The van der Waals surface area contributed by atoms with Crippen LogP contribution in [-0.4, -0.2) is 44.4 Å². The Morgan fingerprint density at radius 3 is 2.42 bits per heavy atom. The highest BCUT2D eigenvalue weighted by atomic mass is 32.2. The molecular weight excluding hydrogens is 440 g/mol. The summed E-state index contributed by atoms with van der Waals surface area (Å²) in [5.74, 6) is 1.17. The van der Waals surface area contributed by atoms with Gasteiger partial charge >= 0.3 is 0 Å². The van der Waals surface area contributed by atoms with Crippen LogP contribution in [0.2, 0.25) is 0 Å². The third-order valence-corrected chi connectivity index (χ3v) is 8.39. The van der Waals surface area contributed by atoms with E-state index in [1.165, 1.54) is 4.31 Å². The van der Waals surface area contributed by atoms with Crippen LogP contribution in [-0.2, 0) is 14.8 Å². The maximum absolute atomic E-state index is 13.1. The SMILES string of the molecule is COc1ccc2c(c1)OC(C)(C)C[C@@H]2NC(=O)C1CCN(S(=O)(=O)c2ccc(C)cc2)CC1. The van der Waals surface area contributed by atoms with Crippen molar-refractivity contribution < 1.29 is 22.7 Å². The van der Waals surface area contributed by atoms with Gasteiger partial charge in [0.05, 0.1) is 18.0 Å². The largest absolute Gasteiger partial charge is 0.497 e. The number of piperidine rings is 1. The summed E-state index contributed by atoms with van der Waals surface area (Å²) in [6.07, 6.45) is 1.65. The monoisotopic (exact) mass is 472 g/mol. The Morgan fingerprint density at radius 1 is 1.12 bits per heavy atom. The number of nitrogens with one attached hydrogen (secondary N) is 1. The van der Waals surface area contributed by atoms with Crippen LogP contribution in [0.4, 0.5) is 0 Å². The van der Waals surface area contributed by atoms with Crippen molar-refractivity contribution in [3.05, 3.63) is 53.6 Å². The van der Waals surface area contributed by atoms with Crippen LogP contribution in [0.25, 0.3) is 0 Å². The summed E-state index contributed by atoms with van der Waals surface area (Å²) in [5.41, 5.74) is 1.52. The molecule has 1 N–H and O–H groups in total. The molecule has 2 aliphatic rings.